The van der Waals surface area contributed by atoms with Crippen molar-refractivity contribution in [3.8, 4) is 0 Å². The number of thioether (sulfide) groups is 1. The summed E-state index contributed by atoms with van der Waals surface area (Å²) < 4.78 is 5.42. The van der Waals surface area contributed by atoms with Crippen LogP contribution in [0.4, 0.5) is 0 Å². The highest BCUT2D eigenvalue weighted by Crippen LogP contribution is 2.21. The highest BCUT2D eigenvalue weighted by atomic mass is 32.2. The molecule has 0 spiro atoms. The van der Waals surface area contributed by atoms with E-state index in [1.807, 2.05) is 6.92 Å². The van der Waals surface area contributed by atoms with Gasteiger partial charge in [0.15, 0.2) is 4.34 Å². The minimum absolute atomic E-state index is 0.0949. The number of carbonyl (C=O) groups is 2. The summed E-state index contributed by atoms with van der Waals surface area (Å²) in [6, 6.07) is 0. The van der Waals surface area contributed by atoms with E-state index in [9.17, 15) is 9.59 Å². The van der Waals surface area contributed by atoms with Gasteiger partial charge in [0.25, 0.3) is 0 Å². The number of aryl methyl sites for hydroxylation is 1. The van der Waals surface area contributed by atoms with Gasteiger partial charge < -0.3 is 10.1 Å². The Morgan fingerprint density at radius 1 is 1.47 bits per heavy atom. The summed E-state index contributed by atoms with van der Waals surface area (Å²) in [4.78, 5) is 22.3. The number of aromatic nitrogens is 2. The monoisotopic (exact) mass is 275 g/mol. The van der Waals surface area contributed by atoms with E-state index in [1.165, 1.54) is 23.1 Å². The zero-order valence-corrected chi connectivity index (χ0v) is 11.2. The molecule has 6 nitrogen and oxygen atoms in total. The van der Waals surface area contributed by atoms with Crippen molar-refractivity contribution >= 4 is 35.0 Å². The first-order chi connectivity index (χ1) is 8.11. The number of ether oxygens (including phenoxy) is 1. The molecule has 0 aliphatic rings. The van der Waals surface area contributed by atoms with Crippen LogP contribution in [0.3, 0.4) is 0 Å². The number of amides is 1. The molecule has 1 aromatic rings. The quantitative estimate of drug-likeness (QED) is 0.605. The molecule has 1 aromatic heterocycles. The number of hydrogen-bond acceptors (Lipinski definition) is 7. The number of rotatable bonds is 6. The van der Waals surface area contributed by atoms with Gasteiger partial charge in [-0.1, -0.05) is 23.1 Å². The molecule has 0 atom stereocenters. The van der Waals surface area contributed by atoms with Crippen molar-refractivity contribution < 1.29 is 14.3 Å². The largest absolute Gasteiger partial charge is 0.465 e. The predicted octanol–water partition coefficient (Wildman–Crippen LogP) is 0.618. The molecule has 0 aromatic carbocycles. The van der Waals surface area contributed by atoms with Gasteiger partial charge in [-0.05, 0) is 13.8 Å². The highest BCUT2D eigenvalue weighted by molar-refractivity contribution is 8.01. The maximum Gasteiger partial charge on any atom is 0.325 e. The van der Waals surface area contributed by atoms with Crippen LogP contribution in [0.1, 0.15) is 11.9 Å². The fraction of sp³-hybridized carbons (Fsp3) is 0.556. The number of esters is 1. The Kier molecular flexibility index (Phi) is 5.92. The average Bonchev–Trinajstić information content (AvgIpc) is 2.70. The number of carbonyl (C=O) groups excluding carboxylic acids is 2. The van der Waals surface area contributed by atoms with E-state index in [4.69, 9.17) is 0 Å². The lowest BCUT2D eigenvalue weighted by Gasteiger charge is -2.03. The standard InChI is InChI=1S/C9H13N3O3S2/c1-3-15-8(14)4-10-7(13)5-16-9-12-11-6(2)17-9/h3-5H2,1-2H3,(H,10,13). The Labute approximate surface area is 107 Å². The van der Waals surface area contributed by atoms with Crippen molar-refractivity contribution in [1.29, 1.82) is 0 Å². The van der Waals surface area contributed by atoms with E-state index in [0.717, 1.165) is 9.35 Å². The lowest BCUT2D eigenvalue weighted by Crippen LogP contribution is -2.31. The molecule has 0 unspecified atom stereocenters. The molecule has 0 fully saturated rings. The molecule has 1 heterocycles. The van der Waals surface area contributed by atoms with Gasteiger partial charge in [0, 0.05) is 0 Å². The van der Waals surface area contributed by atoms with E-state index in [0.29, 0.717) is 6.61 Å². The molecular weight excluding hydrogens is 262 g/mol. The van der Waals surface area contributed by atoms with E-state index in [2.05, 4.69) is 20.3 Å². The van der Waals surface area contributed by atoms with Gasteiger partial charge in [0.2, 0.25) is 5.91 Å². The topological polar surface area (TPSA) is 81.2 Å². The second kappa shape index (κ2) is 7.23. The second-order valence-electron chi connectivity index (χ2n) is 2.96. The third kappa shape index (κ3) is 5.64. The smallest absolute Gasteiger partial charge is 0.325 e. The Morgan fingerprint density at radius 3 is 2.82 bits per heavy atom. The molecule has 0 bridgehead atoms. The van der Waals surface area contributed by atoms with Gasteiger partial charge in [0.1, 0.15) is 11.6 Å². The van der Waals surface area contributed by atoms with Crippen LogP contribution in [0, 0.1) is 6.92 Å². The van der Waals surface area contributed by atoms with Crippen LogP contribution >= 0.6 is 23.1 Å². The normalized spacial score (nSPS) is 10.0. The number of nitrogens with zero attached hydrogens (tertiary/aromatic N) is 2. The molecule has 0 aliphatic carbocycles. The summed E-state index contributed by atoms with van der Waals surface area (Å²) in [6.07, 6.45) is 0. The zero-order valence-electron chi connectivity index (χ0n) is 9.56. The summed E-state index contributed by atoms with van der Waals surface area (Å²) in [5.74, 6) is -0.442. The lowest BCUT2D eigenvalue weighted by molar-refractivity contribution is -0.143. The molecule has 0 saturated carbocycles. The van der Waals surface area contributed by atoms with Crippen molar-refractivity contribution in [1.82, 2.24) is 15.5 Å². The first kappa shape index (κ1) is 13.9. The van der Waals surface area contributed by atoms with E-state index in [1.54, 1.807) is 6.92 Å². The van der Waals surface area contributed by atoms with Crippen LogP contribution < -0.4 is 5.32 Å². The maximum atomic E-state index is 11.3. The zero-order chi connectivity index (χ0) is 12.7. The summed E-state index contributed by atoms with van der Waals surface area (Å²) in [5.41, 5.74) is 0. The van der Waals surface area contributed by atoms with E-state index >= 15 is 0 Å². The van der Waals surface area contributed by atoms with Gasteiger partial charge >= 0.3 is 5.97 Å². The van der Waals surface area contributed by atoms with Gasteiger partial charge in [0.05, 0.1) is 12.4 Å². The third-order valence-corrected chi connectivity index (χ3v) is 3.54. The van der Waals surface area contributed by atoms with Crippen LogP contribution in [-0.4, -0.2) is 41.0 Å². The predicted molar refractivity (Wildman–Crippen MR) is 65.0 cm³/mol. The Hall–Kier alpha value is -1.15. The van der Waals surface area contributed by atoms with Crippen LogP contribution in [0.2, 0.25) is 0 Å². The minimum atomic E-state index is -0.433. The lowest BCUT2D eigenvalue weighted by atomic mass is 10.6. The molecule has 94 valence electrons. The van der Waals surface area contributed by atoms with Gasteiger partial charge in [-0.3, -0.25) is 9.59 Å². The van der Waals surface area contributed by atoms with Crippen LogP contribution in [0.15, 0.2) is 4.34 Å². The molecule has 8 heteroatoms. The minimum Gasteiger partial charge on any atom is -0.465 e. The van der Waals surface area contributed by atoms with Crippen LogP contribution in [-0.2, 0) is 14.3 Å². The molecule has 1 N–H and O–H groups in total. The van der Waals surface area contributed by atoms with Crippen molar-refractivity contribution in [3.63, 3.8) is 0 Å². The van der Waals surface area contributed by atoms with E-state index in [-0.39, 0.29) is 18.2 Å². The molecule has 17 heavy (non-hydrogen) atoms. The van der Waals surface area contributed by atoms with Gasteiger partial charge in [-0.2, -0.15) is 0 Å². The van der Waals surface area contributed by atoms with Crippen molar-refractivity contribution in [3.05, 3.63) is 5.01 Å². The van der Waals surface area contributed by atoms with Gasteiger partial charge in [-0.25, -0.2) is 0 Å². The van der Waals surface area contributed by atoms with Crippen molar-refractivity contribution in [2.75, 3.05) is 18.9 Å². The Balaban J connectivity index is 2.19. The maximum absolute atomic E-state index is 11.3. The highest BCUT2D eigenvalue weighted by Gasteiger charge is 2.08. The molecule has 1 rings (SSSR count). The molecule has 0 saturated heterocycles. The van der Waals surface area contributed by atoms with Crippen molar-refractivity contribution in [2.45, 2.75) is 18.2 Å². The molecular formula is C9H13N3O3S2. The fourth-order valence-electron chi connectivity index (χ4n) is 0.898. The molecule has 0 radical (unpaired) electrons. The van der Waals surface area contributed by atoms with Crippen molar-refractivity contribution in [2.24, 2.45) is 0 Å². The number of hydrogen-bond donors (Lipinski definition) is 1. The third-order valence-electron chi connectivity index (χ3n) is 1.57. The second-order valence-corrected chi connectivity index (χ2v) is 5.36. The Morgan fingerprint density at radius 2 is 2.24 bits per heavy atom. The van der Waals surface area contributed by atoms with Crippen LogP contribution in [0.25, 0.3) is 0 Å². The molecule has 1 amide bonds. The first-order valence-corrected chi connectivity index (χ1v) is 6.77. The molecule has 0 aliphatic heterocycles. The average molecular weight is 275 g/mol. The summed E-state index contributed by atoms with van der Waals surface area (Å²) in [5, 5.41) is 11.0. The van der Waals surface area contributed by atoms with E-state index < -0.39 is 5.97 Å². The number of nitrogens with one attached hydrogen (secondary N) is 1. The summed E-state index contributed by atoms with van der Waals surface area (Å²) >= 11 is 2.73. The SMILES string of the molecule is CCOC(=O)CNC(=O)CSc1nnc(C)s1. The Bertz CT molecular complexity index is 395. The first-order valence-electron chi connectivity index (χ1n) is 4.97. The van der Waals surface area contributed by atoms with Gasteiger partial charge in [-0.15, -0.1) is 10.2 Å². The summed E-state index contributed by atoms with van der Waals surface area (Å²) in [6.45, 7) is 3.78. The van der Waals surface area contributed by atoms with Crippen LogP contribution in [0.5, 0.6) is 0 Å². The fourth-order valence-corrected chi connectivity index (χ4v) is 2.54. The summed E-state index contributed by atoms with van der Waals surface area (Å²) in [7, 11) is 0.